The third-order valence-electron chi connectivity index (χ3n) is 4.23. The molecular formula is C20H18FN3O3. The number of rotatable bonds is 6. The van der Waals surface area contributed by atoms with Gasteiger partial charge in [-0.2, -0.15) is 0 Å². The molecule has 0 amide bonds. The summed E-state index contributed by atoms with van der Waals surface area (Å²) in [7, 11) is 0. The SMILES string of the molecule is Cc1cc(C(=O)COC(=O)c2cnccn2)c(C)n1Cc1ccc(F)cc1. The summed E-state index contributed by atoms with van der Waals surface area (Å²) >= 11 is 0. The summed E-state index contributed by atoms with van der Waals surface area (Å²) in [6, 6.07) is 7.98. The average molecular weight is 367 g/mol. The number of aromatic nitrogens is 3. The van der Waals surface area contributed by atoms with Crippen molar-refractivity contribution in [2.75, 3.05) is 6.61 Å². The molecule has 0 bridgehead atoms. The number of carbonyl (C=O) groups is 2. The minimum Gasteiger partial charge on any atom is -0.453 e. The van der Waals surface area contributed by atoms with Gasteiger partial charge in [0.25, 0.3) is 0 Å². The fourth-order valence-electron chi connectivity index (χ4n) is 2.79. The van der Waals surface area contributed by atoms with Crippen LogP contribution in [0.4, 0.5) is 4.39 Å². The van der Waals surface area contributed by atoms with E-state index in [0.717, 1.165) is 17.0 Å². The number of ether oxygens (including phenoxy) is 1. The summed E-state index contributed by atoms with van der Waals surface area (Å²) in [4.78, 5) is 32.0. The Kier molecular flexibility index (Phi) is 5.40. The molecule has 27 heavy (non-hydrogen) atoms. The van der Waals surface area contributed by atoms with Gasteiger partial charge in [-0.25, -0.2) is 14.2 Å². The average Bonchev–Trinajstić information content (AvgIpc) is 2.96. The van der Waals surface area contributed by atoms with E-state index >= 15 is 0 Å². The van der Waals surface area contributed by atoms with E-state index < -0.39 is 5.97 Å². The van der Waals surface area contributed by atoms with Crippen LogP contribution >= 0.6 is 0 Å². The Bertz CT molecular complexity index is 966. The van der Waals surface area contributed by atoms with Crippen LogP contribution in [0.3, 0.4) is 0 Å². The summed E-state index contributed by atoms with van der Waals surface area (Å²) in [5, 5.41) is 0. The second-order valence-corrected chi connectivity index (χ2v) is 6.09. The first-order chi connectivity index (χ1) is 13.0. The van der Waals surface area contributed by atoms with E-state index in [1.54, 1.807) is 18.2 Å². The number of aryl methyl sites for hydroxylation is 1. The van der Waals surface area contributed by atoms with Gasteiger partial charge in [-0.3, -0.25) is 9.78 Å². The molecule has 0 atom stereocenters. The fraction of sp³-hybridized carbons (Fsp3) is 0.200. The first-order valence-corrected chi connectivity index (χ1v) is 8.33. The van der Waals surface area contributed by atoms with E-state index in [9.17, 15) is 14.0 Å². The van der Waals surface area contributed by atoms with Gasteiger partial charge in [-0.15, -0.1) is 0 Å². The summed E-state index contributed by atoms with van der Waals surface area (Å²) in [6.07, 6.45) is 4.10. The van der Waals surface area contributed by atoms with Crippen molar-refractivity contribution in [1.29, 1.82) is 0 Å². The van der Waals surface area contributed by atoms with Crippen molar-refractivity contribution < 1.29 is 18.7 Å². The van der Waals surface area contributed by atoms with E-state index in [2.05, 4.69) is 9.97 Å². The van der Waals surface area contributed by atoms with Crippen LogP contribution in [0.15, 0.2) is 48.9 Å². The van der Waals surface area contributed by atoms with Gasteiger partial charge in [-0.05, 0) is 37.6 Å². The lowest BCUT2D eigenvalue weighted by atomic mass is 10.1. The van der Waals surface area contributed by atoms with Crippen molar-refractivity contribution >= 4 is 11.8 Å². The molecule has 0 saturated carbocycles. The summed E-state index contributed by atoms with van der Waals surface area (Å²) in [5.74, 6) is -1.29. The monoisotopic (exact) mass is 367 g/mol. The number of Topliss-reactive ketones (excluding diaryl/α,β-unsaturated/α-hetero) is 1. The second kappa shape index (κ2) is 7.90. The maximum atomic E-state index is 13.1. The highest BCUT2D eigenvalue weighted by Crippen LogP contribution is 2.18. The van der Waals surface area contributed by atoms with Gasteiger partial charge in [0.1, 0.15) is 5.82 Å². The molecule has 0 aliphatic carbocycles. The first-order valence-electron chi connectivity index (χ1n) is 8.33. The maximum absolute atomic E-state index is 13.1. The second-order valence-electron chi connectivity index (χ2n) is 6.09. The molecule has 6 nitrogen and oxygen atoms in total. The molecule has 0 aliphatic rings. The van der Waals surface area contributed by atoms with Crippen molar-refractivity contribution in [2.24, 2.45) is 0 Å². The number of hydrogen-bond donors (Lipinski definition) is 0. The summed E-state index contributed by atoms with van der Waals surface area (Å²) in [6.45, 7) is 3.86. The van der Waals surface area contributed by atoms with Gasteiger partial charge in [0.2, 0.25) is 5.78 Å². The lowest BCUT2D eigenvalue weighted by Gasteiger charge is -2.10. The number of hydrogen-bond acceptors (Lipinski definition) is 5. The van der Waals surface area contributed by atoms with Gasteiger partial charge in [-0.1, -0.05) is 12.1 Å². The zero-order valence-corrected chi connectivity index (χ0v) is 15.0. The van der Waals surface area contributed by atoms with Gasteiger partial charge >= 0.3 is 5.97 Å². The van der Waals surface area contributed by atoms with Crippen molar-refractivity contribution in [1.82, 2.24) is 14.5 Å². The predicted octanol–water partition coefficient (Wildman–Crippen LogP) is 3.12. The molecule has 0 radical (unpaired) electrons. The molecule has 0 unspecified atom stereocenters. The maximum Gasteiger partial charge on any atom is 0.358 e. The number of halogens is 1. The van der Waals surface area contributed by atoms with E-state index in [0.29, 0.717) is 12.1 Å². The molecule has 138 valence electrons. The molecule has 2 aromatic heterocycles. The zero-order valence-electron chi connectivity index (χ0n) is 15.0. The molecule has 0 N–H and O–H groups in total. The Morgan fingerprint density at radius 2 is 1.89 bits per heavy atom. The Morgan fingerprint density at radius 3 is 2.56 bits per heavy atom. The Balaban J connectivity index is 1.70. The summed E-state index contributed by atoms with van der Waals surface area (Å²) in [5.41, 5.74) is 3.11. The van der Waals surface area contributed by atoms with Gasteiger partial charge in [0, 0.05) is 35.9 Å². The quantitative estimate of drug-likeness (QED) is 0.494. The molecular weight excluding hydrogens is 349 g/mol. The van der Waals surface area contributed by atoms with Crippen LogP contribution in [0.25, 0.3) is 0 Å². The van der Waals surface area contributed by atoms with Crippen LogP contribution in [0.5, 0.6) is 0 Å². The standard InChI is InChI=1S/C20H18FN3O3/c1-13-9-17(14(2)24(13)11-15-3-5-16(21)6-4-15)19(25)12-27-20(26)18-10-22-7-8-23-18/h3-10H,11-12H2,1-2H3. The molecule has 3 aromatic rings. The van der Waals surface area contributed by atoms with Crippen molar-refractivity contribution in [2.45, 2.75) is 20.4 Å². The lowest BCUT2D eigenvalue weighted by Crippen LogP contribution is -2.16. The molecule has 0 saturated heterocycles. The van der Waals surface area contributed by atoms with Crippen LogP contribution < -0.4 is 0 Å². The largest absolute Gasteiger partial charge is 0.453 e. The number of esters is 1. The minimum atomic E-state index is -0.698. The van der Waals surface area contributed by atoms with E-state index in [1.165, 1.54) is 30.7 Å². The van der Waals surface area contributed by atoms with Crippen molar-refractivity contribution in [3.05, 3.63) is 82.9 Å². The summed E-state index contributed by atoms with van der Waals surface area (Å²) < 4.78 is 20.1. The topological polar surface area (TPSA) is 74.1 Å². The van der Waals surface area contributed by atoms with Crippen LogP contribution in [0, 0.1) is 19.7 Å². The van der Waals surface area contributed by atoms with E-state index in [-0.39, 0.29) is 23.9 Å². The van der Waals surface area contributed by atoms with Gasteiger partial charge < -0.3 is 9.30 Å². The third kappa shape index (κ3) is 4.25. The lowest BCUT2D eigenvalue weighted by molar-refractivity contribution is 0.0468. The third-order valence-corrected chi connectivity index (χ3v) is 4.23. The number of ketones is 1. The van der Waals surface area contributed by atoms with Crippen LogP contribution in [0.2, 0.25) is 0 Å². The van der Waals surface area contributed by atoms with E-state index in [4.69, 9.17) is 4.74 Å². The molecule has 0 spiro atoms. The number of benzene rings is 1. The molecule has 3 rings (SSSR count). The molecule has 0 fully saturated rings. The zero-order chi connectivity index (χ0) is 19.4. The van der Waals surface area contributed by atoms with E-state index in [1.807, 2.05) is 18.4 Å². The molecule has 0 aliphatic heterocycles. The predicted molar refractivity (Wildman–Crippen MR) is 96.1 cm³/mol. The van der Waals surface area contributed by atoms with Crippen LogP contribution in [-0.4, -0.2) is 32.9 Å². The Labute approximate surface area is 155 Å². The minimum absolute atomic E-state index is 0.0482. The number of carbonyl (C=O) groups excluding carboxylic acids is 2. The fourth-order valence-corrected chi connectivity index (χ4v) is 2.79. The highest BCUT2D eigenvalue weighted by molar-refractivity contribution is 6.00. The normalized spacial score (nSPS) is 10.6. The Hall–Kier alpha value is -3.35. The van der Waals surface area contributed by atoms with Crippen LogP contribution in [-0.2, 0) is 11.3 Å². The van der Waals surface area contributed by atoms with Gasteiger partial charge in [0.15, 0.2) is 12.3 Å². The smallest absolute Gasteiger partial charge is 0.358 e. The first kappa shape index (κ1) is 18.4. The van der Waals surface area contributed by atoms with Gasteiger partial charge in [0.05, 0.1) is 6.20 Å². The highest BCUT2D eigenvalue weighted by atomic mass is 19.1. The van der Waals surface area contributed by atoms with Crippen molar-refractivity contribution in [3.8, 4) is 0 Å². The molecule has 1 aromatic carbocycles. The molecule has 7 heteroatoms. The molecule has 2 heterocycles. The Morgan fingerprint density at radius 1 is 1.15 bits per heavy atom. The van der Waals surface area contributed by atoms with Crippen molar-refractivity contribution in [3.63, 3.8) is 0 Å². The van der Waals surface area contributed by atoms with Crippen LogP contribution in [0.1, 0.15) is 37.8 Å². The number of nitrogens with zero attached hydrogens (tertiary/aromatic N) is 3. The highest BCUT2D eigenvalue weighted by Gasteiger charge is 2.18.